The number of methoxy groups -OCH3 is 1. The third-order valence-corrected chi connectivity index (χ3v) is 11.3. The van der Waals surface area contributed by atoms with Gasteiger partial charge in [-0.3, -0.25) is 24.7 Å². The quantitative estimate of drug-likeness (QED) is 0.0502. The number of nitrogens with one attached hydrogen (secondary N) is 3. The average Bonchev–Trinajstić information content (AvgIpc) is 3.59. The Morgan fingerprint density at radius 1 is 1.00 bits per heavy atom. The molecule has 0 fully saturated rings. The Labute approximate surface area is 321 Å². The number of rotatable bonds is 15. The van der Waals surface area contributed by atoms with Crippen molar-refractivity contribution in [3.63, 3.8) is 0 Å². The number of ketones is 1. The van der Waals surface area contributed by atoms with Crippen molar-refractivity contribution in [3.8, 4) is 5.75 Å². The molecule has 55 heavy (non-hydrogen) atoms. The van der Waals surface area contributed by atoms with Crippen LogP contribution in [0.3, 0.4) is 0 Å². The molecule has 5 rings (SSSR count). The number of hydrogen-bond acceptors (Lipinski definition) is 11. The molecule has 5 N–H and O–H groups in total. The summed E-state index contributed by atoms with van der Waals surface area (Å²) in [6.07, 6.45) is 0.834. The number of ether oxygens (including phenoxy) is 2. The molecule has 2 aromatic heterocycles. The van der Waals surface area contributed by atoms with Crippen molar-refractivity contribution in [1.29, 1.82) is 0 Å². The lowest BCUT2D eigenvalue weighted by atomic mass is 10.1. The van der Waals surface area contributed by atoms with Gasteiger partial charge in [-0.15, -0.1) is 11.3 Å². The summed E-state index contributed by atoms with van der Waals surface area (Å²) >= 11 is 1.18. The maximum Gasteiger partial charge on any atom is 0.412 e. The number of nitrogens with zero attached hydrogens (tertiary/aromatic N) is 3. The lowest BCUT2D eigenvalue weighted by Crippen LogP contribution is -2.43. The second-order valence-electron chi connectivity index (χ2n) is 12.5. The third-order valence-electron chi connectivity index (χ3n) is 8.58. The van der Waals surface area contributed by atoms with Gasteiger partial charge >= 0.3 is 6.09 Å². The molecule has 1 atom stereocenters. The van der Waals surface area contributed by atoms with Gasteiger partial charge in [0.1, 0.15) is 24.6 Å². The van der Waals surface area contributed by atoms with E-state index < -0.39 is 46.0 Å². The van der Waals surface area contributed by atoms with Crippen LogP contribution < -0.4 is 31.4 Å². The minimum absolute atomic E-state index is 0.00347. The smallest absolute Gasteiger partial charge is 0.412 e. The van der Waals surface area contributed by atoms with E-state index in [1.165, 1.54) is 36.8 Å². The number of thiazole rings is 1. The number of Topliss-reactive ketones (excluding diaryl/α,β-unsaturated/α-hetero) is 1. The zero-order valence-corrected chi connectivity index (χ0v) is 32.3. The maximum absolute atomic E-state index is 13.8. The van der Waals surface area contributed by atoms with Crippen LogP contribution in [-0.4, -0.2) is 61.4 Å². The number of anilines is 1. The fourth-order valence-corrected chi connectivity index (χ4v) is 8.22. The molecule has 1 unspecified atom stereocenters. The highest BCUT2D eigenvalue weighted by Gasteiger charge is 2.26. The molecule has 0 aliphatic rings. The number of fused-ring (bicyclic) bond motifs is 1. The molecule has 0 saturated heterocycles. The van der Waals surface area contributed by atoms with Crippen LogP contribution in [0.25, 0.3) is 10.2 Å². The molecule has 2 heterocycles. The van der Waals surface area contributed by atoms with E-state index >= 15 is 0 Å². The van der Waals surface area contributed by atoms with E-state index in [1.54, 1.807) is 63.2 Å². The monoisotopic (exact) mass is 787 g/mol. The van der Waals surface area contributed by atoms with Crippen LogP contribution in [0.4, 0.5) is 10.5 Å². The normalized spacial score (nSPS) is 12.2. The van der Waals surface area contributed by atoms with Gasteiger partial charge in [0.2, 0.25) is 17.6 Å². The largest absolute Gasteiger partial charge is 0.496 e. The van der Waals surface area contributed by atoms with Crippen LogP contribution in [0.1, 0.15) is 44.9 Å². The first-order valence-electron chi connectivity index (χ1n) is 17.1. The minimum Gasteiger partial charge on any atom is -0.496 e. The van der Waals surface area contributed by atoms with E-state index in [0.717, 1.165) is 14.8 Å². The number of para-hydroxylation sites is 1. The molecule has 0 radical (unpaired) electrons. The summed E-state index contributed by atoms with van der Waals surface area (Å²) in [5, 5.41) is 5.30. The molecule has 0 aliphatic carbocycles. The number of benzene rings is 3. The van der Waals surface area contributed by atoms with Crippen LogP contribution in [0.2, 0.25) is 0 Å². The van der Waals surface area contributed by atoms with Gasteiger partial charge in [-0.05, 0) is 86.2 Å². The number of amides is 2. The standard InChI is InChI=1S/C38H41N7O8S2/c1-23-20-30(52-4)24(2)25(3)34(23)55(50,51)44-37(39)40-18-10-15-28(33(47)35-42-27-14-8-9-17-31(27)54-35)41-32(46)21-45-19-11-16-29(36(45)48)43-38(49)53-22-26-12-6-5-7-13-26/h5-9,11-14,16-17,19-20,28H,10,15,18,21-22H2,1-4H3,(H,41,46)(H,43,49)(H3,39,40,44). The number of guanidine groups is 1. The Balaban J connectivity index is 1.25. The number of sulfonamides is 1. The van der Waals surface area contributed by atoms with Crippen molar-refractivity contribution >= 4 is 61.0 Å². The van der Waals surface area contributed by atoms with Crippen LogP contribution in [0.5, 0.6) is 5.75 Å². The third kappa shape index (κ3) is 10.1. The summed E-state index contributed by atoms with van der Waals surface area (Å²) in [6.45, 7) is 4.64. The number of hydrogen-bond donors (Lipinski definition) is 4. The van der Waals surface area contributed by atoms with Crippen molar-refractivity contribution < 1.29 is 32.3 Å². The van der Waals surface area contributed by atoms with Crippen molar-refractivity contribution in [2.24, 2.45) is 10.7 Å². The number of carbonyl (C=O) groups is 3. The topological polar surface area (TPSA) is 213 Å². The zero-order valence-electron chi connectivity index (χ0n) is 30.6. The van der Waals surface area contributed by atoms with Gasteiger partial charge in [0.05, 0.1) is 28.3 Å². The van der Waals surface area contributed by atoms with E-state index in [-0.39, 0.29) is 47.5 Å². The van der Waals surface area contributed by atoms with Crippen molar-refractivity contribution in [3.05, 3.63) is 117 Å². The fraction of sp³-hybridized carbons (Fsp3) is 0.263. The molecule has 3 aromatic carbocycles. The van der Waals surface area contributed by atoms with E-state index in [2.05, 4.69) is 25.3 Å². The molecular weight excluding hydrogens is 747 g/mol. The molecule has 288 valence electrons. The first-order valence-corrected chi connectivity index (χ1v) is 19.4. The van der Waals surface area contributed by atoms with Gasteiger partial charge in [-0.1, -0.05) is 42.5 Å². The van der Waals surface area contributed by atoms with Gasteiger partial charge in [-0.25, -0.2) is 22.9 Å². The van der Waals surface area contributed by atoms with Crippen LogP contribution >= 0.6 is 11.3 Å². The SMILES string of the molecule is COc1cc(C)c(S(=O)(=O)NC(N)=NCCCC(NC(=O)Cn2cccc(NC(=O)OCc3ccccc3)c2=O)C(=O)c2nc3ccccc3s2)c(C)c1C. The Hall–Kier alpha value is -6.07. The molecule has 0 bridgehead atoms. The second-order valence-corrected chi connectivity index (χ2v) is 15.2. The number of pyridine rings is 1. The summed E-state index contributed by atoms with van der Waals surface area (Å²) in [6, 6.07) is 19.7. The number of carbonyl (C=O) groups excluding carboxylic acids is 3. The summed E-state index contributed by atoms with van der Waals surface area (Å²) < 4.78 is 41.3. The molecule has 0 aliphatic heterocycles. The second kappa shape index (κ2) is 17.8. The Kier molecular flexibility index (Phi) is 13.0. The molecule has 17 heteroatoms. The van der Waals surface area contributed by atoms with Gasteiger partial charge in [0.15, 0.2) is 5.01 Å². The summed E-state index contributed by atoms with van der Waals surface area (Å²) in [7, 11) is -2.59. The maximum atomic E-state index is 13.8. The molecule has 2 amide bonds. The first kappa shape index (κ1) is 40.1. The Morgan fingerprint density at radius 3 is 2.45 bits per heavy atom. The highest BCUT2D eigenvalue weighted by atomic mass is 32.2. The van der Waals surface area contributed by atoms with E-state index in [0.29, 0.717) is 28.0 Å². The van der Waals surface area contributed by atoms with Crippen molar-refractivity contribution in [2.45, 2.75) is 57.7 Å². The lowest BCUT2D eigenvalue weighted by molar-refractivity contribution is -0.122. The molecule has 0 saturated carbocycles. The van der Waals surface area contributed by atoms with Crippen LogP contribution in [-0.2, 0) is 32.7 Å². The fourth-order valence-electron chi connectivity index (χ4n) is 5.78. The summed E-state index contributed by atoms with van der Waals surface area (Å²) in [4.78, 5) is 61.3. The van der Waals surface area contributed by atoms with Crippen molar-refractivity contribution in [2.75, 3.05) is 19.0 Å². The minimum atomic E-state index is -4.10. The van der Waals surface area contributed by atoms with Crippen LogP contribution in [0, 0.1) is 20.8 Å². The number of aliphatic imine (C=N–C) groups is 1. The van der Waals surface area contributed by atoms with Gasteiger partial charge in [-0.2, -0.15) is 0 Å². The van der Waals surface area contributed by atoms with E-state index in [4.69, 9.17) is 15.2 Å². The molecule has 5 aromatic rings. The Bertz CT molecular complexity index is 2380. The van der Waals surface area contributed by atoms with Gasteiger partial charge < -0.3 is 25.1 Å². The molecule has 0 spiro atoms. The average molecular weight is 788 g/mol. The highest BCUT2D eigenvalue weighted by molar-refractivity contribution is 7.90. The zero-order chi connectivity index (χ0) is 39.7. The number of nitrogens with two attached hydrogens (primary N) is 1. The van der Waals surface area contributed by atoms with Gasteiger partial charge in [0.25, 0.3) is 15.6 Å². The van der Waals surface area contributed by atoms with E-state index in [9.17, 15) is 27.6 Å². The van der Waals surface area contributed by atoms with E-state index in [1.807, 2.05) is 18.2 Å². The summed E-state index contributed by atoms with van der Waals surface area (Å²) in [5.74, 6) is -0.882. The lowest BCUT2D eigenvalue weighted by Gasteiger charge is -2.18. The number of aromatic nitrogens is 2. The predicted molar refractivity (Wildman–Crippen MR) is 210 cm³/mol. The first-order chi connectivity index (χ1) is 26.3. The molecule has 15 nitrogen and oxygen atoms in total. The van der Waals surface area contributed by atoms with Crippen LogP contribution in [0.15, 0.2) is 93.7 Å². The Morgan fingerprint density at radius 2 is 1.73 bits per heavy atom. The highest BCUT2D eigenvalue weighted by Crippen LogP contribution is 2.30. The summed E-state index contributed by atoms with van der Waals surface area (Å²) in [5.41, 5.74) is 8.27. The predicted octanol–water partition coefficient (Wildman–Crippen LogP) is 4.58. The van der Waals surface area contributed by atoms with Crippen molar-refractivity contribution in [1.82, 2.24) is 19.6 Å². The van der Waals surface area contributed by atoms with Gasteiger partial charge in [0, 0.05) is 12.7 Å². The number of aryl methyl sites for hydroxylation is 1. The molecular formula is C38H41N7O8S2.